The summed E-state index contributed by atoms with van der Waals surface area (Å²) in [6.07, 6.45) is 5.03. The minimum Gasteiger partial charge on any atom is -0.291 e. The van der Waals surface area contributed by atoms with Gasteiger partial charge in [0, 0.05) is 5.56 Å². The first-order valence-electron chi connectivity index (χ1n) is 2.95. The predicted molar refractivity (Wildman–Crippen MR) is 42.1 cm³/mol. The highest BCUT2D eigenvalue weighted by Crippen LogP contribution is 1.97. The SMILES string of the molecule is C#CC(=N)c1ccccc1. The summed E-state index contributed by atoms with van der Waals surface area (Å²) in [5.41, 5.74) is 1.03. The Hall–Kier alpha value is -1.55. The highest BCUT2D eigenvalue weighted by molar-refractivity contribution is 6.10. The van der Waals surface area contributed by atoms with E-state index in [1.165, 1.54) is 0 Å². The molecule has 0 amide bonds. The molecule has 0 saturated heterocycles. The Balaban J connectivity index is 2.99. The van der Waals surface area contributed by atoms with Crippen LogP contribution in [0.25, 0.3) is 0 Å². The highest BCUT2D eigenvalue weighted by atomic mass is 14.4. The fourth-order valence-electron chi connectivity index (χ4n) is 0.688. The van der Waals surface area contributed by atoms with Gasteiger partial charge in [-0.2, -0.15) is 0 Å². The van der Waals surface area contributed by atoms with Gasteiger partial charge >= 0.3 is 0 Å². The molecule has 0 aromatic heterocycles. The van der Waals surface area contributed by atoms with Crippen LogP contribution in [0.1, 0.15) is 5.56 Å². The van der Waals surface area contributed by atoms with Gasteiger partial charge in [-0.15, -0.1) is 6.42 Å². The third-order valence-electron chi connectivity index (χ3n) is 1.21. The van der Waals surface area contributed by atoms with E-state index in [0.29, 0.717) is 0 Å². The summed E-state index contributed by atoms with van der Waals surface area (Å²) in [7, 11) is 0. The minimum absolute atomic E-state index is 0.237. The first-order valence-corrected chi connectivity index (χ1v) is 2.95. The Labute approximate surface area is 60.2 Å². The van der Waals surface area contributed by atoms with Crippen LogP contribution >= 0.6 is 0 Å². The molecule has 0 unspecified atom stereocenters. The molecular weight excluding hydrogens is 122 g/mol. The molecule has 0 aliphatic carbocycles. The van der Waals surface area contributed by atoms with E-state index in [-0.39, 0.29) is 5.71 Å². The van der Waals surface area contributed by atoms with Crippen LogP contribution in [0.2, 0.25) is 0 Å². The summed E-state index contributed by atoms with van der Waals surface area (Å²) in [6, 6.07) is 9.26. The lowest BCUT2D eigenvalue weighted by molar-refractivity contribution is 1.51. The summed E-state index contributed by atoms with van der Waals surface area (Å²) in [5, 5.41) is 7.24. The molecule has 0 radical (unpaired) electrons. The van der Waals surface area contributed by atoms with Crippen molar-refractivity contribution in [1.82, 2.24) is 0 Å². The van der Waals surface area contributed by atoms with Crippen molar-refractivity contribution in [2.45, 2.75) is 0 Å². The van der Waals surface area contributed by atoms with Crippen molar-refractivity contribution < 1.29 is 0 Å². The van der Waals surface area contributed by atoms with Crippen LogP contribution in [0.5, 0.6) is 0 Å². The van der Waals surface area contributed by atoms with E-state index in [1.807, 2.05) is 30.3 Å². The fourth-order valence-corrected chi connectivity index (χ4v) is 0.688. The van der Waals surface area contributed by atoms with Gasteiger partial charge in [0.15, 0.2) is 0 Å². The molecule has 1 rings (SSSR count). The number of rotatable bonds is 1. The van der Waals surface area contributed by atoms with E-state index in [4.69, 9.17) is 11.8 Å². The van der Waals surface area contributed by atoms with Crippen molar-refractivity contribution in [2.75, 3.05) is 0 Å². The Morgan fingerprint density at radius 2 is 1.90 bits per heavy atom. The lowest BCUT2D eigenvalue weighted by Gasteiger charge is -1.92. The standard InChI is InChI=1S/C9H7N/c1-2-9(10)8-6-4-3-5-7-8/h1,3-7,10H. The largest absolute Gasteiger partial charge is 0.291 e. The van der Waals surface area contributed by atoms with E-state index < -0.39 is 0 Å². The molecule has 10 heavy (non-hydrogen) atoms. The molecule has 1 heteroatoms. The third kappa shape index (κ3) is 1.24. The van der Waals surface area contributed by atoms with Gasteiger partial charge in [0.1, 0.15) is 5.71 Å². The van der Waals surface area contributed by atoms with E-state index in [2.05, 4.69) is 5.92 Å². The van der Waals surface area contributed by atoms with E-state index in [9.17, 15) is 0 Å². The maximum atomic E-state index is 7.24. The molecule has 0 atom stereocenters. The molecule has 0 heterocycles. The van der Waals surface area contributed by atoms with Gasteiger partial charge in [-0.3, -0.25) is 5.41 Å². The highest BCUT2D eigenvalue weighted by Gasteiger charge is 1.92. The maximum absolute atomic E-state index is 7.24. The number of nitrogens with one attached hydrogen (secondary N) is 1. The van der Waals surface area contributed by atoms with Gasteiger partial charge in [0.2, 0.25) is 0 Å². The van der Waals surface area contributed by atoms with Crippen molar-refractivity contribution in [3.8, 4) is 12.3 Å². The lowest BCUT2D eigenvalue weighted by atomic mass is 10.1. The topological polar surface area (TPSA) is 23.9 Å². The van der Waals surface area contributed by atoms with Crippen molar-refractivity contribution >= 4 is 5.71 Å². The van der Waals surface area contributed by atoms with Gasteiger partial charge in [-0.05, 0) is 0 Å². The first-order chi connectivity index (χ1) is 4.84. The zero-order valence-electron chi connectivity index (χ0n) is 5.46. The van der Waals surface area contributed by atoms with Crippen molar-refractivity contribution in [2.24, 2.45) is 0 Å². The molecule has 48 valence electrons. The summed E-state index contributed by atoms with van der Waals surface area (Å²) in [4.78, 5) is 0. The van der Waals surface area contributed by atoms with Crippen LogP contribution in [0, 0.1) is 17.8 Å². The van der Waals surface area contributed by atoms with E-state index in [0.717, 1.165) is 5.56 Å². The van der Waals surface area contributed by atoms with E-state index in [1.54, 1.807) is 0 Å². The molecule has 1 aromatic rings. The monoisotopic (exact) mass is 129 g/mol. The van der Waals surface area contributed by atoms with Gasteiger partial charge < -0.3 is 0 Å². The summed E-state index contributed by atoms with van der Waals surface area (Å²) in [5.74, 6) is 2.26. The maximum Gasteiger partial charge on any atom is 0.111 e. The van der Waals surface area contributed by atoms with Crippen LogP contribution in [0.15, 0.2) is 30.3 Å². The molecule has 0 saturated carbocycles. The van der Waals surface area contributed by atoms with Gasteiger partial charge in [-0.25, -0.2) is 0 Å². The minimum atomic E-state index is 0.237. The summed E-state index contributed by atoms with van der Waals surface area (Å²) in [6.45, 7) is 0. The predicted octanol–water partition coefficient (Wildman–Crippen LogP) is 1.69. The van der Waals surface area contributed by atoms with E-state index >= 15 is 0 Å². The number of terminal acetylenes is 1. The molecule has 0 aliphatic rings. The molecule has 0 spiro atoms. The zero-order valence-corrected chi connectivity index (χ0v) is 5.46. The Bertz CT molecular complexity index is 267. The molecule has 1 N–H and O–H groups in total. The average molecular weight is 129 g/mol. The number of hydrogen-bond donors (Lipinski definition) is 1. The second-order valence-electron chi connectivity index (χ2n) is 1.89. The third-order valence-corrected chi connectivity index (χ3v) is 1.21. The summed E-state index contributed by atoms with van der Waals surface area (Å²) >= 11 is 0. The Kier molecular flexibility index (Phi) is 1.86. The van der Waals surface area contributed by atoms with Gasteiger partial charge in [-0.1, -0.05) is 36.3 Å². The van der Waals surface area contributed by atoms with Crippen LogP contribution in [0.3, 0.4) is 0 Å². The van der Waals surface area contributed by atoms with Gasteiger partial charge in [0.05, 0.1) is 0 Å². The van der Waals surface area contributed by atoms with Crippen molar-refractivity contribution in [3.63, 3.8) is 0 Å². The van der Waals surface area contributed by atoms with Crippen LogP contribution in [-0.4, -0.2) is 5.71 Å². The molecule has 1 nitrogen and oxygen atoms in total. The van der Waals surface area contributed by atoms with Crippen LogP contribution in [-0.2, 0) is 0 Å². The van der Waals surface area contributed by atoms with Crippen molar-refractivity contribution in [1.29, 1.82) is 5.41 Å². The smallest absolute Gasteiger partial charge is 0.111 e. The Morgan fingerprint density at radius 1 is 1.30 bits per heavy atom. The quantitative estimate of drug-likeness (QED) is 0.440. The number of benzene rings is 1. The normalized spacial score (nSPS) is 8.30. The number of hydrogen-bond acceptors (Lipinski definition) is 1. The first kappa shape index (κ1) is 6.57. The van der Waals surface area contributed by atoms with Gasteiger partial charge in [0.25, 0.3) is 0 Å². The molecule has 0 fully saturated rings. The van der Waals surface area contributed by atoms with Crippen molar-refractivity contribution in [3.05, 3.63) is 35.9 Å². The molecule has 1 aromatic carbocycles. The average Bonchev–Trinajstić information content (AvgIpc) is 2.05. The molecular formula is C9H7N. The van der Waals surface area contributed by atoms with Crippen LogP contribution < -0.4 is 0 Å². The second kappa shape index (κ2) is 2.84. The second-order valence-corrected chi connectivity index (χ2v) is 1.89. The molecule has 0 bridgehead atoms. The fraction of sp³-hybridized carbons (Fsp3) is 0. The summed E-state index contributed by atoms with van der Waals surface area (Å²) < 4.78 is 0. The van der Waals surface area contributed by atoms with Crippen LogP contribution in [0.4, 0.5) is 0 Å². The lowest BCUT2D eigenvalue weighted by Crippen LogP contribution is -1.92. The Morgan fingerprint density at radius 3 is 2.40 bits per heavy atom. The zero-order chi connectivity index (χ0) is 7.40. The molecule has 0 aliphatic heterocycles.